The van der Waals surface area contributed by atoms with Crippen LogP contribution < -0.4 is 0 Å². The van der Waals surface area contributed by atoms with Crippen LogP contribution in [0.2, 0.25) is 0 Å². The average molecular weight is 317 g/mol. The minimum absolute atomic E-state index is 0.0265. The molecule has 2 fully saturated rings. The van der Waals surface area contributed by atoms with Crippen molar-refractivity contribution in [1.29, 1.82) is 0 Å². The third-order valence-corrected chi connectivity index (χ3v) is 4.69. The van der Waals surface area contributed by atoms with Crippen molar-refractivity contribution in [3.05, 3.63) is 11.6 Å². The molecule has 0 radical (unpaired) electrons. The Hall–Kier alpha value is -0.0900. The van der Waals surface area contributed by atoms with Gasteiger partial charge in [-0.25, -0.2) is 0 Å². The first-order chi connectivity index (χ1) is 10.3. The first kappa shape index (κ1) is 17.3. The van der Waals surface area contributed by atoms with Crippen molar-refractivity contribution in [2.45, 2.75) is 64.3 Å². The average Bonchev–Trinajstić information content (AvgIpc) is 2.53. The van der Waals surface area contributed by atoms with Crippen LogP contribution in [-0.4, -0.2) is 32.2 Å². The maximum atomic E-state index is 5.89. The van der Waals surface area contributed by atoms with E-state index in [0.717, 1.165) is 13.0 Å². The van der Waals surface area contributed by atoms with Crippen molar-refractivity contribution in [2.24, 2.45) is 11.8 Å². The van der Waals surface area contributed by atoms with Gasteiger partial charge in [0.15, 0.2) is 6.29 Å². The lowest BCUT2D eigenvalue weighted by atomic mass is 9.81. The van der Waals surface area contributed by atoms with Crippen molar-refractivity contribution in [3.63, 3.8) is 0 Å². The van der Waals surface area contributed by atoms with E-state index in [-0.39, 0.29) is 12.4 Å². The van der Waals surface area contributed by atoms with E-state index in [9.17, 15) is 0 Å². The van der Waals surface area contributed by atoms with Crippen LogP contribution in [0.15, 0.2) is 11.6 Å². The van der Waals surface area contributed by atoms with Crippen LogP contribution in [0.1, 0.15) is 51.9 Å². The van der Waals surface area contributed by atoms with Gasteiger partial charge >= 0.3 is 0 Å². The minimum Gasteiger partial charge on any atom is -0.373 e. The number of unbranched alkanes of at least 4 members (excludes halogenated alkanes) is 2. The van der Waals surface area contributed by atoms with E-state index in [0.29, 0.717) is 25.0 Å². The number of allylic oxidation sites excluding steroid dienone is 1. The van der Waals surface area contributed by atoms with Gasteiger partial charge in [0.05, 0.1) is 13.2 Å². The van der Waals surface area contributed by atoms with Gasteiger partial charge in [0.2, 0.25) is 0 Å². The highest BCUT2D eigenvalue weighted by Crippen LogP contribution is 2.34. The van der Waals surface area contributed by atoms with E-state index in [1.165, 1.54) is 38.5 Å². The van der Waals surface area contributed by atoms with Crippen molar-refractivity contribution < 1.29 is 14.2 Å². The van der Waals surface area contributed by atoms with Gasteiger partial charge in [-0.2, -0.15) is 0 Å². The summed E-state index contributed by atoms with van der Waals surface area (Å²) in [6.45, 7) is 4.39. The molecule has 0 bridgehead atoms. The summed E-state index contributed by atoms with van der Waals surface area (Å²) < 4.78 is 17.6. The second-order valence-electron chi connectivity index (χ2n) is 6.23. The van der Waals surface area contributed by atoms with Gasteiger partial charge in [-0.15, -0.1) is 0 Å². The SMILES string of the molecule is CCCCCOC1COC(C2CCC(/C=C/Cl)CC2)OC1. The lowest BCUT2D eigenvalue weighted by molar-refractivity contribution is -0.249. The van der Waals surface area contributed by atoms with E-state index < -0.39 is 0 Å². The van der Waals surface area contributed by atoms with Crippen LogP contribution in [0.4, 0.5) is 0 Å². The molecule has 0 unspecified atom stereocenters. The third kappa shape index (κ3) is 5.90. The lowest BCUT2D eigenvalue weighted by Crippen LogP contribution is -2.42. The van der Waals surface area contributed by atoms with Gasteiger partial charge in [-0.1, -0.05) is 37.4 Å². The molecule has 0 amide bonds. The van der Waals surface area contributed by atoms with Gasteiger partial charge in [-0.3, -0.25) is 0 Å². The molecule has 2 rings (SSSR count). The molecule has 4 heteroatoms. The fraction of sp³-hybridized carbons (Fsp3) is 0.882. The fourth-order valence-corrected chi connectivity index (χ4v) is 3.39. The molecule has 2 aliphatic rings. The summed E-state index contributed by atoms with van der Waals surface area (Å²) in [4.78, 5) is 0. The predicted octanol–water partition coefficient (Wildman–Crippen LogP) is 4.49. The topological polar surface area (TPSA) is 27.7 Å². The maximum absolute atomic E-state index is 5.89. The van der Waals surface area contributed by atoms with E-state index >= 15 is 0 Å². The normalized spacial score (nSPS) is 34.4. The molecule has 0 atom stereocenters. The molecule has 1 aliphatic heterocycles. The van der Waals surface area contributed by atoms with Crippen LogP contribution in [0.25, 0.3) is 0 Å². The van der Waals surface area contributed by atoms with Crippen LogP contribution in [-0.2, 0) is 14.2 Å². The van der Waals surface area contributed by atoms with Crippen LogP contribution in [0.3, 0.4) is 0 Å². The summed E-state index contributed by atoms with van der Waals surface area (Å²) in [6, 6.07) is 0. The zero-order valence-electron chi connectivity index (χ0n) is 13.1. The lowest BCUT2D eigenvalue weighted by Gasteiger charge is -2.37. The molecule has 0 aromatic carbocycles. The minimum atomic E-state index is -0.0265. The highest BCUT2D eigenvalue weighted by Gasteiger charge is 2.32. The fourth-order valence-electron chi connectivity index (χ4n) is 3.18. The molecule has 0 N–H and O–H groups in total. The van der Waals surface area contributed by atoms with E-state index in [4.69, 9.17) is 25.8 Å². The summed E-state index contributed by atoms with van der Waals surface area (Å²) in [5, 5.41) is 0. The van der Waals surface area contributed by atoms with Crippen molar-refractivity contribution in [1.82, 2.24) is 0 Å². The number of ether oxygens (including phenoxy) is 3. The summed E-state index contributed by atoms with van der Waals surface area (Å²) in [5.74, 6) is 1.17. The van der Waals surface area contributed by atoms with Gasteiger partial charge < -0.3 is 14.2 Å². The maximum Gasteiger partial charge on any atom is 0.160 e. The molecular weight excluding hydrogens is 288 g/mol. The van der Waals surface area contributed by atoms with Crippen molar-refractivity contribution in [3.8, 4) is 0 Å². The molecule has 122 valence electrons. The standard InChI is InChI=1S/C17H29ClO3/c1-2-3-4-11-19-16-12-20-17(21-13-16)15-7-5-14(6-8-15)9-10-18/h9-10,14-17H,2-8,11-13H2,1H3/b10-9+. The van der Waals surface area contributed by atoms with Crippen molar-refractivity contribution >= 4 is 11.6 Å². The Kier molecular flexibility index (Phi) is 8.08. The zero-order valence-corrected chi connectivity index (χ0v) is 13.9. The quantitative estimate of drug-likeness (QED) is 0.647. The molecule has 0 aromatic rings. The highest BCUT2D eigenvalue weighted by atomic mass is 35.5. The predicted molar refractivity (Wildman–Crippen MR) is 85.4 cm³/mol. The summed E-state index contributed by atoms with van der Waals surface area (Å²) in [6.07, 6.45) is 10.5. The molecule has 1 saturated heterocycles. The molecule has 21 heavy (non-hydrogen) atoms. The third-order valence-electron chi connectivity index (χ3n) is 4.54. The van der Waals surface area contributed by atoms with Crippen LogP contribution >= 0.6 is 11.6 Å². The second-order valence-corrected chi connectivity index (χ2v) is 6.48. The Bertz CT molecular complexity index is 292. The molecule has 0 spiro atoms. The van der Waals surface area contributed by atoms with Crippen molar-refractivity contribution in [2.75, 3.05) is 19.8 Å². The Morgan fingerprint density at radius 1 is 1.10 bits per heavy atom. The zero-order chi connectivity index (χ0) is 14.9. The molecular formula is C17H29ClO3. The number of hydrogen-bond acceptors (Lipinski definition) is 3. The number of rotatable bonds is 7. The monoisotopic (exact) mass is 316 g/mol. The van der Waals surface area contributed by atoms with E-state index in [1.54, 1.807) is 5.54 Å². The smallest absolute Gasteiger partial charge is 0.160 e. The first-order valence-corrected chi connectivity index (χ1v) is 8.88. The molecule has 0 aromatic heterocycles. The molecule has 1 saturated carbocycles. The van der Waals surface area contributed by atoms with E-state index in [1.807, 2.05) is 0 Å². The van der Waals surface area contributed by atoms with Gasteiger partial charge in [-0.05, 0) is 38.0 Å². The second kappa shape index (κ2) is 9.83. The number of halogens is 1. The Labute approximate surface area is 134 Å². The summed E-state index contributed by atoms with van der Waals surface area (Å²) >= 11 is 5.65. The summed E-state index contributed by atoms with van der Waals surface area (Å²) in [7, 11) is 0. The van der Waals surface area contributed by atoms with Crippen LogP contribution in [0.5, 0.6) is 0 Å². The largest absolute Gasteiger partial charge is 0.373 e. The van der Waals surface area contributed by atoms with Gasteiger partial charge in [0.25, 0.3) is 0 Å². The van der Waals surface area contributed by atoms with E-state index in [2.05, 4.69) is 13.0 Å². The highest BCUT2D eigenvalue weighted by molar-refractivity contribution is 6.25. The molecule has 1 heterocycles. The molecule has 3 nitrogen and oxygen atoms in total. The Balaban J connectivity index is 1.61. The summed E-state index contributed by atoms with van der Waals surface area (Å²) in [5.41, 5.74) is 1.65. The van der Waals surface area contributed by atoms with Gasteiger partial charge in [0, 0.05) is 18.1 Å². The first-order valence-electron chi connectivity index (χ1n) is 8.45. The Morgan fingerprint density at radius 3 is 2.43 bits per heavy atom. The molecule has 1 aliphatic carbocycles. The van der Waals surface area contributed by atoms with Gasteiger partial charge in [0.1, 0.15) is 6.10 Å². The Morgan fingerprint density at radius 2 is 1.81 bits per heavy atom. The number of hydrogen-bond donors (Lipinski definition) is 0. The van der Waals surface area contributed by atoms with Crippen LogP contribution in [0, 0.1) is 11.8 Å².